The van der Waals surface area contributed by atoms with Crippen molar-refractivity contribution in [2.75, 3.05) is 33.2 Å². The summed E-state index contributed by atoms with van der Waals surface area (Å²) in [5, 5.41) is 11.4. The number of aromatic nitrogens is 3. The van der Waals surface area contributed by atoms with Crippen LogP contribution in [0.4, 0.5) is 0 Å². The average molecular weight is 346 g/mol. The van der Waals surface area contributed by atoms with E-state index in [0.29, 0.717) is 26.2 Å². The van der Waals surface area contributed by atoms with Gasteiger partial charge in [0.15, 0.2) is 5.82 Å². The smallest absolute Gasteiger partial charge is 0.232 e. The van der Waals surface area contributed by atoms with Crippen LogP contribution in [0.25, 0.3) is 0 Å². The number of likely N-dealkylation sites (tertiary alicyclic amines) is 1. The summed E-state index contributed by atoms with van der Waals surface area (Å²) in [4.78, 5) is 29.5. The second-order valence-electron chi connectivity index (χ2n) is 7.67. The Kier molecular flexibility index (Phi) is 4.02. The Labute approximate surface area is 147 Å². The van der Waals surface area contributed by atoms with Gasteiger partial charge in [0.05, 0.1) is 12.0 Å². The molecule has 3 aliphatic rings. The lowest BCUT2D eigenvalue weighted by Crippen LogP contribution is -2.48. The largest absolute Gasteiger partial charge is 0.341 e. The second kappa shape index (κ2) is 6.09. The van der Waals surface area contributed by atoms with E-state index in [1.165, 1.54) is 0 Å². The van der Waals surface area contributed by atoms with Crippen molar-refractivity contribution < 1.29 is 9.59 Å². The summed E-state index contributed by atoms with van der Waals surface area (Å²) in [5.74, 6) is 1.56. The van der Waals surface area contributed by atoms with Crippen molar-refractivity contribution in [2.24, 2.45) is 17.3 Å². The lowest BCUT2D eigenvalue weighted by Gasteiger charge is -2.31. The predicted molar refractivity (Wildman–Crippen MR) is 90.3 cm³/mol. The first-order valence-electron chi connectivity index (χ1n) is 9.17. The molecule has 1 N–H and O–H groups in total. The van der Waals surface area contributed by atoms with E-state index in [0.717, 1.165) is 31.8 Å². The number of rotatable bonds is 5. The fraction of sp³-hybridized carbons (Fsp3) is 0.765. The van der Waals surface area contributed by atoms with Gasteiger partial charge >= 0.3 is 0 Å². The minimum Gasteiger partial charge on any atom is -0.341 e. The van der Waals surface area contributed by atoms with Gasteiger partial charge in [-0.25, -0.2) is 0 Å². The summed E-state index contributed by atoms with van der Waals surface area (Å²) >= 11 is 0. The fourth-order valence-electron chi connectivity index (χ4n) is 4.31. The van der Waals surface area contributed by atoms with Gasteiger partial charge in [-0.3, -0.25) is 9.59 Å². The molecular formula is C17H26N6O2. The number of aryl methyl sites for hydroxylation is 1. The van der Waals surface area contributed by atoms with Crippen molar-refractivity contribution in [3.05, 3.63) is 12.2 Å². The Balaban J connectivity index is 1.50. The van der Waals surface area contributed by atoms with Crippen LogP contribution < -0.4 is 5.32 Å². The third kappa shape index (κ3) is 2.72. The minimum atomic E-state index is -0.490. The maximum Gasteiger partial charge on any atom is 0.232 e. The Morgan fingerprint density at radius 3 is 2.96 bits per heavy atom. The standard InChI is InChI=1S/C17H26N6O2/c1-3-22-11-19-20-14(22)8-21(2)16(25)17-9-18-6-13(17)7-23(10-17)15(24)12-4-5-12/h11-13,18H,3-10H2,1-2H3/t13-,17-/m0/s1. The number of fused-ring (bicyclic) bond motifs is 1. The Morgan fingerprint density at radius 2 is 2.24 bits per heavy atom. The lowest BCUT2D eigenvalue weighted by atomic mass is 9.79. The Bertz CT molecular complexity index is 684. The molecule has 25 heavy (non-hydrogen) atoms. The van der Waals surface area contributed by atoms with Gasteiger partial charge in [-0.15, -0.1) is 10.2 Å². The summed E-state index contributed by atoms with van der Waals surface area (Å²) in [6.45, 7) is 5.95. The molecule has 0 bridgehead atoms. The highest BCUT2D eigenvalue weighted by atomic mass is 16.2. The molecule has 0 unspecified atom stereocenters. The third-order valence-electron chi connectivity index (χ3n) is 5.95. The van der Waals surface area contributed by atoms with Crippen LogP contribution in [0.3, 0.4) is 0 Å². The van der Waals surface area contributed by atoms with Crippen LogP contribution in [0.15, 0.2) is 6.33 Å². The van der Waals surface area contributed by atoms with Gasteiger partial charge in [0.1, 0.15) is 6.33 Å². The van der Waals surface area contributed by atoms with Crippen LogP contribution in [0, 0.1) is 17.3 Å². The molecule has 1 saturated carbocycles. The van der Waals surface area contributed by atoms with Gasteiger partial charge in [0, 0.05) is 51.6 Å². The molecule has 136 valence electrons. The van der Waals surface area contributed by atoms with Crippen molar-refractivity contribution in [2.45, 2.75) is 32.9 Å². The normalized spacial score (nSPS) is 28.2. The molecule has 0 radical (unpaired) electrons. The van der Waals surface area contributed by atoms with Crippen molar-refractivity contribution in [1.82, 2.24) is 29.9 Å². The first kappa shape index (κ1) is 16.5. The Morgan fingerprint density at radius 1 is 1.44 bits per heavy atom. The predicted octanol–water partition coefficient (Wildman–Crippen LogP) is -0.286. The number of hydrogen-bond donors (Lipinski definition) is 1. The minimum absolute atomic E-state index is 0.110. The van der Waals surface area contributed by atoms with E-state index in [1.54, 1.807) is 11.2 Å². The van der Waals surface area contributed by atoms with Crippen LogP contribution in [0.5, 0.6) is 0 Å². The topological polar surface area (TPSA) is 83.4 Å². The average Bonchev–Trinajstić information content (AvgIpc) is 3.06. The molecule has 1 aromatic heterocycles. The van der Waals surface area contributed by atoms with Crippen molar-refractivity contribution in [3.8, 4) is 0 Å². The van der Waals surface area contributed by atoms with Gasteiger partial charge in [-0.05, 0) is 19.8 Å². The highest BCUT2D eigenvalue weighted by molar-refractivity contribution is 5.87. The number of carbonyl (C=O) groups is 2. The number of hydrogen-bond acceptors (Lipinski definition) is 5. The second-order valence-corrected chi connectivity index (χ2v) is 7.67. The van der Waals surface area contributed by atoms with Gasteiger partial charge in [-0.1, -0.05) is 0 Å². The Hall–Kier alpha value is -1.96. The van der Waals surface area contributed by atoms with E-state index in [9.17, 15) is 9.59 Å². The van der Waals surface area contributed by atoms with Crippen LogP contribution in [-0.2, 0) is 22.7 Å². The fourth-order valence-corrected chi connectivity index (χ4v) is 4.31. The van der Waals surface area contributed by atoms with Gasteiger partial charge in [-0.2, -0.15) is 0 Å². The summed E-state index contributed by atoms with van der Waals surface area (Å²) in [5.41, 5.74) is -0.490. The lowest BCUT2D eigenvalue weighted by molar-refractivity contribution is -0.141. The molecule has 0 spiro atoms. The SMILES string of the molecule is CCn1cnnc1CN(C)C(=O)[C@]12CNC[C@H]1CN(C(=O)C1CC1)C2. The van der Waals surface area contributed by atoms with Gasteiger partial charge in [0.25, 0.3) is 0 Å². The van der Waals surface area contributed by atoms with Crippen LogP contribution in [-0.4, -0.2) is 69.6 Å². The van der Waals surface area contributed by atoms with Crippen LogP contribution in [0.1, 0.15) is 25.6 Å². The molecule has 2 amide bonds. The van der Waals surface area contributed by atoms with E-state index in [4.69, 9.17) is 0 Å². The molecule has 3 heterocycles. The quantitative estimate of drug-likeness (QED) is 0.792. The zero-order valence-corrected chi connectivity index (χ0v) is 14.9. The summed E-state index contributed by atoms with van der Waals surface area (Å²) < 4.78 is 1.95. The molecule has 3 fully saturated rings. The molecule has 8 nitrogen and oxygen atoms in total. The van der Waals surface area contributed by atoms with E-state index < -0.39 is 5.41 Å². The van der Waals surface area contributed by atoms with E-state index in [-0.39, 0.29) is 23.7 Å². The van der Waals surface area contributed by atoms with E-state index in [2.05, 4.69) is 15.5 Å². The van der Waals surface area contributed by atoms with Gasteiger partial charge < -0.3 is 19.7 Å². The highest BCUT2D eigenvalue weighted by Crippen LogP contribution is 2.43. The molecule has 4 rings (SSSR count). The third-order valence-corrected chi connectivity index (χ3v) is 5.95. The van der Waals surface area contributed by atoms with Crippen molar-refractivity contribution in [1.29, 1.82) is 0 Å². The van der Waals surface area contributed by atoms with E-state index >= 15 is 0 Å². The number of nitrogens with zero attached hydrogens (tertiary/aromatic N) is 5. The van der Waals surface area contributed by atoms with Crippen molar-refractivity contribution >= 4 is 11.8 Å². The molecule has 2 aliphatic heterocycles. The van der Waals surface area contributed by atoms with Crippen LogP contribution >= 0.6 is 0 Å². The van der Waals surface area contributed by atoms with E-state index in [1.807, 2.05) is 23.4 Å². The zero-order valence-electron chi connectivity index (χ0n) is 14.9. The first-order valence-corrected chi connectivity index (χ1v) is 9.17. The summed E-state index contributed by atoms with van der Waals surface area (Å²) in [7, 11) is 1.83. The molecule has 2 atom stereocenters. The van der Waals surface area contributed by atoms with Crippen LogP contribution in [0.2, 0.25) is 0 Å². The highest BCUT2D eigenvalue weighted by Gasteiger charge is 2.57. The first-order chi connectivity index (χ1) is 12.0. The van der Waals surface area contributed by atoms with Crippen molar-refractivity contribution in [3.63, 3.8) is 0 Å². The molecule has 8 heteroatoms. The maximum atomic E-state index is 13.3. The molecule has 1 aromatic rings. The molecular weight excluding hydrogens is 320 g/mol. The number of nitrogens with one attached hydrogen (secondary N) is 1. The maximum absolute atomic E-state index is 13.3. The monoisotopic (exact) mass is 346 g/mol. The number of amides is 2. The van der Waals surface area contributed by atoms with Gasteiger partial charge in [0.2, 0.25) is 11.8 Å². The summed E-state index contributed by atoms with van der Waals surface area (Å²) in [6, 6.07) is 0. The summed E-state index contributed by atoms with van der Waals surface area (Å²) in [6.07, 6.45) is 3.70. The molecule has 0 aromatic carbocycles. The molecule has 1 aliphatic carbocycles. The number of carbonyl (C=O) groups excluding carboxylic acids is 2. The molecule has 2 saturated heterocycles. The zero-order chi connectivity index (χ0) is 17.6.